The minimum Gasteiger partial charge on any atom is -0.394 e. The van der Waals surface area contributed by atoms with Crippen LogP contribution >= 0.6 is 0 Å². The van der Waals surface area contributed by atoms with Gasteiger partial charge in [-0.25, -0.2) is 0 Å². The van der Waals surface area contributed by atoms with Crippen LogP contribution in [-0.2, 0) is 4.79 Å². The lowest BCUT2D eigenvalue weighted by Crippen LogP contribution is -2.45. The molecule has 0 bridgehead atoms. The highest BCUT2D eigenvalue weighted by molar-refractivity contribution is 5.76. The molecule has 0 aliphatic heterocycles. The summed E-state index contributed by atoms with van der Waals surface area (Å²) < 4.78 is 0. The molecule has 0 rings (SSSR count). The number of unbranched alkanes of at least 4 members (excludes halogenated alkanes) is 36. The molecule has 0 aromatic carbocycles. The lowest BCUT2D eigenvalue weighted by molar-refractivity contribution is -0.123. The summed E-state index contributed by atoms with van der Waals surface area (Å²) in [5.74, 6) is -0.0785. The maximum Gasteiger partial charge on any atom is 0.220 e. The molecule has 0 heterocycles. The number of aliphatic hydroxyl groups is 2. The topological polar surface area (TPSA) is 69.6 Å². The minimum absolute atomic E-state index is 0.0785. The summed E-state index contributed by atoms with van der Waals surface area (Å²) in [6.45, 7) is 4.21. The van der Waals surface area contributed by atoms with E-state index in [9.17, 15) is 15.0 Å². The van der Waals surface area contributed by atoms with E-state index in [1.54, 1.807) is 6.08 Å². The first-order valence-corrected chi connectivity index (χ1v) is 30.3. The first-order chi connectivity index (χ1) is 34.2. The van der Waals surface area contributed by atoms with Gasteiger partial charge in [-0.15, -0.1) is 0 Å². The van der Waals surface area contributed by atoms with Crippen LogP contribution in [0.25, 0.3) is 0 Å². The van der Waals surface area contributed by atoms with E-state index in [4.69, 9.17) is 0 Å². The largest absolute Gasteiger partial charge is 0.394 e. The lowest BCUT2D eigenvalue weighted by Gasteiger charge is -2.20. The van der Waals surface area contributed by atoms with Gasteiger partial charge < -0.3 is 15.5 Å². The van der Waals surface area contributed by atoms with Crippen molar-refractivity contribution in [3.8, 4) is 0 Å². The van der Waals surface area contributed by atoms with Crippen molar-refractivity contribution in [3.63, 3.8) is 0 Å². The van der Waals surface area contributed by atoms with Crippen molar-refractivity contribution < 1.29 is 15.0 Å². The van der Waals surface area contributed by atoms with Gasteiger partial charge >= 0.3 is 0 Å². The standard InChI is InChI=1S/C65H117NO3/c1-3-5-7-9-11-13-15-17-19-21-23-25-27-29-30-31-32-33-34-35-37-38-40-42-44-46-48-50-52-54-56-58-60-64(68)63(62-67)66-65(69)61-59-57-55-53-51-49-47-45-43-41-39-36-28-26-24-22-20-18-16-14-12-10-8-6-4-2/h6,8,12,14,18,20,24,26,36,39,43,45,58,60,63-64,67-68H,3-5,7,9-11,13,15-17,19,21-23,25,27-35,37-38,40-42,44,46-57,59,61-62H2,1-2H3,(H,66,69)/b8-6-,14-12-,20-18-,26-24-,39-36-,45-43-,60-58+. The highest BCUT2D eigenvalue weighted by Gasteiger charge is 2.18. The molecule has 0 aromatic heterocycles. The molecule has 0 spiro atoms. The van der Waals surface area contributed by atoms with Gasteiger partial charge in [-0.05, 0) is 70.6 Å². The summed E-state index contributed by atoms with van der Waals surface area (Å²) >= 11 is 0. The second kappa shape index (κ2) is 59.9. The van der Waals surface area contributed by atoms with Crippen LogP contribution in [-0.4, -0.2) is 34.9 Å². The summed E-state index contributed by atoms with van der Waals surface area (Å²) in [7, 11) is 0. The predicted octanol–water partition coefficient (Wildman–Crippen LogP) is 20.3. The van der Waals surface area contributed by atoms with Gasteiger partial charge in [0.15, 0.2) is 0 Å². The molecule has 0 aromatic rings. The van der Waals surface area contributed by atoms with E-state index in [-0.39, 0.29) is 12.5 Å². The third kappa shape index (κ3) is 56.4. The molecule has 0 aliphatic rings. The normalized spacial score (nSPS) is 13.4. The van der Waals surface area contributed by atoms with Crippen molar-refractivity contribution in [1.29, 1.82) is 0 Å². The van der Waals surface area contributed by atoms with Crippen molar-refractivity contribution >= 4 is 5.91 Å². The summed E-state index contributed by atoms with van der Waals surface area (Å²) in [5.41, 5.74) is 0. The third-order valence-electron chi connectivity index (χ3n) is 13.6. The highest BCUT2D eigenvalue weighted by atomic mass is 16.3. The molecule has 69 heavy (non-hydrogen) atoms. The van der Waals surface area contributed by atoms with Crippen molar-refractivity contribution in [2.75, 3.05) is 6.61 Å². The smallest absolute Gasteiger partial charge is 0.220 e. The maximum absolute atomic E-state index is 12.5. The Kier molecular flexibility index (Phi) is 57.8. The number of hydrogen-bond acceptors (Lipinski definition) is 3. The molecule has 2 unspecified atom stereocenters. The Morgan fingerprint density at radius 1 is 0.362 bits per heavy atom. The zero-order valence-corrected chi connectivity index (χ0v) is 46.1. The fraction of sp³-hybridized carbons (Fsp3) is 0.769. The average molecular weight is 961 g/mol. The predicted molar refractivity (Wildman–Crippen MR) is 308 cm³/mol. The minimum atomic E-state index is -0.853. The highest BCUT2D eigenvalue weighted by Crippen LogP contribution is 2.17. The molecule has 0 radical (unpaired) electrons. The summed E-state index contributed by atoms with van der Waals surface area (Å²) in [4.78, 5) is 12.5. The van der Waals surface area contributed by atoms with Crippen LogP contribution in [0.2, 0.25) is 0 Å². The second-order valence-electron chi connectivity index (χ2n) is 20.4. The van der Waals surface area contributed by atoms with Gasteiger partial charge in [0, 0.05) is 6.42 Å². The number of carbonyl (C=O) groups excluding carboxylic acids is 1. The number of aliphatic hydroxyl groups excluding tert-OH is 2. The summed E-state index contributed by atoms with van der Waals surface area (Å²) in [6.07, 6.45) is 87.6. The molecule has 0 aliphatic carbocycles. The lowest BCUT2D eigenvalue weighted by atomic mass is 10.0. The van der Waals surface area contributed by atoms with Crippen LogP contribution < -0.4 is 5.32 Å². The number of hydrogen-bond donors (Lipinski definition) is 3. The summed E-state index contributed by atoms with van der Waals surface area (Å²) in [5, 5.41) is 23.2. The van der Waals surface area contributed by atoms with Crippen LogP contribution in [0.1, 0.15) is 303 Å². The molecule has 0 saturated heterocycles. The second-order valence-corrected chi connectivity index (χ2v) is 20.4. The molecule has 400 valence electrons. The molecule has 0 fully saturated rings. The van der Waals surface area contributed by atoms with Gasteiger partial charge in [0.1, 0.15) is 0 Å². The third-order valence-corrected chi connectivity index (χ3v) is 13.6. The van der Waals surface area contributed by atoms with Gasteiger partial charge in [-0.3, -0.25) is 4.79 Å². The van der Waals surface area contributed by atoms with Crippen molar-refractivity contribution in [3.05, 3.63) is 85.1 Å². The Labute approximate surface area is 431 Å². The first kappa shape index (κ1) is 66.6. The van der Waals surface area contributed by atoms with E-state index < -0.39 is 12.1 Å². The Morgan fingerprint density at radius 2 is 0.638 bits per heavy atom. The van der Waals surface area contributed by atoms with Gasteiger partial charge in [0.2, 0.25) is 5.91 Å². The molecule has 4 heteroatoms. The zero-order chi connectivity index (χ0) is 49.9. The molecular formula is C65H117NO3. The van der Waals surface area contributed by atoms with Crippen molar-refractivity contribution in [1.82, 2.24) is 5.32 Å². The van der Waals surface area contributed by atoms with Gasteiger partial charge in [-0.2, -0.15) is 0 Å². The molecule has 0 saturated carbocycles. The molecule has 2 atom stereocenters. The average Bonchev–Trinajstić information content (AvgIpc) is 3.35. The quantitative estimate of drug-likeness (QED) is 0.0420. The maximum atomic E-state index is 12.5. The van der Waals surface area contributed by atoms with Crippen LogP contribution in [0.3, 0.4) is 0 Å². The van der Waals surface area contributed by atoms with E-state index in [1.165, 1.54) is 205 Å². The Morgan fingerprint density at radius 3 is 0.957 bits per heavy atom. The van der Waals surface area contributed by atoms with E-state index in [0.717, 1.165) is 77.0 Å². The number of amides is 1. The van der Waals surface area contributed by atoms with E-state index in [1.807, 2.05) is 6.08 Å². The van der Waals surface area contributed by atoms with Crippen LogP contribution in [0, 0.1) is 0 Å². The fourth-order valence-corrected chi connectivity index (χ4v) is 9.07. The van der Waals surface area contributed by atoms with Crippen molar-refractivity contribution in [2.24, 2.45) is 0 Å². The summed E-state index contributed by atoms with van der Waals surface area (Å²) in [6, 6.07) is -0.638. The van der Waals surface area contributed by atoms with E-state index in [0.29, 0.717) is 6.42 Å². The number of rotatable bonds is 55. The molecule has 1 amide bonds. The SMILES string of the molecule is CC/C=C\C/C=C\C/C=C\C/C=C\C/C=C\C/C=C\CCCCCCCCC(=O)NC(CO)C(O)/C=C/CCCCCCCCCCCCCCCCCCCCCCCCCCCCCCCC. The monoisotopic (exact) mass is 960 g/mol. The van der Waals surface area contributed by atoms with Crippen LogP contribution in [0.15, 0.2) is 85.1 Å². The zero-order valence-electron chi connectivity index (χ0n) is 46.1. The van der Waals surface area contributed by atoms with E-state index >= 15 is 0 Å². The molecule has 4 nitrogen and oxygen atoms in total. The number of nitrogens with one attached hydrogen (secondary N) is 1. The van der Waals surface area contributed by atoms with Gasteiger partial charge in [-0.1, -0.05) is 311 Å². The molecular weight excluding hydrogens is 843 g/mol. The number of carbonyl (C=O) groups is 1. The number of allylic oxidation sites excluding steroid dienone is 13. The molecule has 3 N–H and O–H groups in total. The van der Waals surface area contributed by atoms with Crippen LogP contribution in [0.4, 0.5) is 0 Å². The Balaban J connectivity index is 3.52. The van der Waals surface area contributed by atoms with Gasteiger partial charge in [0.05, 0.1) is 18.8 Å². The van der Waals surface area contributed by atoms with Crippen molar-refractivity contribution in [2.45, 2.75) is 315 Å². The van der Waals surface area contributed by atoms with E-state index in [2.05, 4.69) is 92.1 Å². The van der Waals surface area contributed by atoms with Crippen LogP contribution in [0.5, 0.6) is 0 Å². The Bertz CT molecular complexity index is 1230. The van der Waals surface area contributed by atoms with Gasteiger partial charge in [0.25, 0.3) is 0 Å². The Hall–Kier alpha value is -2.43. The first-order valence-electron chi connectivity index (χ1n) is 30.3. The fourth-order valence-electron chi connectivity index (χ4n) is 9.07.